The number of rotatable bonds is 5. The lowest BCUT2D eigenvalue weighted by Gasteiger charge is -2.16. The molecule has 0 aliphatic rings. The highest BCUT2D eigenvalue weighted by molar-refractivity contribution is 8.00. The Kier molecular flexibility index (Phi) is 5.61. The zero-order valence-electron chi connectivity index (χ0n) is 13.0. The molecule has 0 spiro atoms. The van der Waals surface area contributed by atoms with Crippen LogP contribution in [0.15, 0.2) is 53.4 Å². The van der Waals surface area contributed by atoms with Crippen LogP contribution in [0.4, 0.5) is 10.1 Å². The maximum Gasteiger partial charge on any atom is 0.237 e. The van der Waals surface area contributed by atoms with Crippen molar-refractivity contribution in [2.75, 3.05) is 5.32 Å². The predicted octanol–water partition coefficient (Wildman–Crippen LogP) is 5.07. The van der Waals surface area contributed by atoms with Gasteiger partial charge in [-0.1, -0.05) is 44.2 Å². The molecule has 0 bridgehead atoms. The maximum absolute atomic E-state index is 13.7. The van der Waals surface area contributed by atoms with E-state index < -0.39 is 0 Å². The average Bonchev–Trinajstić information content (AvgIpc) is 2.49. The van der Waals surface area contributed by atoms with Crippen molar-refractivity contribution in [3.05, 3.63) is 59.9 Å². The summed E-state index contributed by atoms with van der Waals surface area (Å²) in [7, 11) is 0. The largest absolute Gasteiger partial charge is 0.325 e. The van der Waals surface area contributed by atoms with Gasteiger partial charge in [-0.25, -0.2) is 4.39 Å². The summed E-state index contributed by atoms with van der Waals surface area (Å²) in [5, 5.41) is 2.57. The number of nitrogens with one attached hydrogen (secondary N) is 1. The van der Waals surface area contributed by atoms with E-state index in [9.17, 15) is 9.18 Å². The smallest absolute Gasteiger partial charge is 0.237 e. The summed E-state index contributed by atoms with van der Waals surface area (Å²) in [5.41, 5.74) is 1.92. The molecular formula is C18H20FNOS. The fourth-order valence-corrected chi connectivity index (χ4v) is 3.02. The van der Waals surface area contributed by atoms with E-state index in [1.165, 1.54) is 17.8 Å². The molecule has 0 aliphatic carbocycles. The van der Waals surface area contributed by atoms with Crippen LogP contribution in [-0.4, -0.2) is 11.2 Å². The van der Waals surface area contributed by atoms with Gasteiger partial charge in [-0.2, -0.15) is 0 Å². The first-order chi connectivity index (χ1) is 10.5. The number of thioether (sulfide) groups is 1. The molecule has 1 unspecified atom stereocenters. The third-order valence-electron chi connectivity index (χ3n) is 3.35. The summed E-state index contributed by atoms with van der Waals surface area (Å²) < 4.78 is 13.7. The molecule has 0 aliphatic heterocycles. The summed E-state index contributed by atoms with van der Waals surface area (Å²) in [5.74, 6) is -0.0953. The Bertz CT molecular complexity index is 657. The quantitative estimate of drug-likeness (QED) is 0.780. The van der Waals surface area contributed by atoms with Crippen LogP contribution in [0, 0.1) is 5.82 Å². The predicted molar refractivity (Wildman–Crippen MR) is 90.9 cm³/mol. The monoisotopic (exact) mass is 317 g/mol. The molecular weight excluding hydrogens is 297 g/mol. The molecule has 2 aromatic rings. The van der Waals surface area contributed by atoms with Crippen molar-refractivity contribution in [3.8, 4) is 0 Å². The zero-order valence-corrected chi connectivity index (χ0v) is 13.8. The molecule has 0 saturated heterocycles. The van der Waals surface area contributed by atoms with Gasteiger partial charge in [-0.3, -0.25) is 4.79 Å². The van der Waals surface area contributed by atoms with Crippen molar-refractivity contribution >= 4 is 23.4 Å². The molecule has 1 atom stereocenters. The van der Waals surface area contributed by atoms with Gasteiger partial charge in [-0.15, -0.1) is 11.8 Å². The fourth-order valence-electron chi connectivity index (χ4n) is 2.13. The Morgan fingerprint density at radius 3 is 2.36 bits per heavy atom. The second-order valence-corrected chi connectivity index (χ2v) is 6.80. The van der Waals surface area contributed by atoms with Gasteiger partial charge in [0.2, 0.25) is 5.91 Å². The van der Waals surface area contributed by atoms with Crippen LogP contribution in [0.25, 0.3) is 0 Å². The van der Waals surface area contributed by atoms with Gasteiger partial charge < -0.3 is 5.32 Å². The highest BCUT2D eigenvalue weighted by Crippen LogP contribution is 2.28. The standard InChI is InChI=1S/C18H20FNOS/c1-12(2)14-8-4-6-10-16(14)20-18(21)13(3)22-17-11-7-5-9-15(17)19/h4-13H,1-3H3,(H,20,21). The number of para-hydroxylation sites is 1. The van der Waals surface area contributed by atoms with Crippen LogP contribution in [0.2, 0.25) is 0 Å². The SMILES string of the molecule is CC(Sc1ccccc1F)C(=O)Nc1ccccc1C(C)C. The van der Waals surface area contributed by atoms with Gasteiger partial charge in [-0.05, 0) is 36.6 Å². The lowest BCUT2D eigenvalue weighted by molar-refractivity contribution is -0.115. The molecule has 0 saturated carbocycles. The summed E-state index contributed by atoms with van der Waals surface area (Å²) in [4.78, 5) is 12.8. The minimum atomic E-state index is -0.378. The molecule has 2 rings (SSSR count). The first-order valence-corrected chi connectivity index (χ1v) is 8.18. The zero-order chi connectivity index (χ0) is 16.1. The molecule has 0 aromatic heterocycles. The molecule has 2 aromatic carbocycles. The number of carbonyl (C=O) groups excluding carboxylic acids is 1. The molecule has 2 nitrogen and oxygen atoms in total. The minimum absolute atomic E-state index is 0.124. The normalized spacial score (nSPS) is 12.2. The molecule has 4 heteroatoms. The van der Waals surface area contributed by atoms with Crippen molar-refractivity contribution in [3.63, 3.8) is 0 Å². The topological polar surface area (TPSA) is 29.1 Å². The summed E-state index contributed by atoms with van der Waals surface area (Å²) in [6.07, 6.45) is 0. The summed E-state index contributed by atoms with van der Waals surface area (Å²) in [6, 6.07) is 14.3. The minimum Gasteiger partial charge on any atom is -0.325 e. The Morgan fingerprint density at radius 2 is 1.68 bits per heavy atom. The first-order valence-electron chi connectivity index (χ1n) is 7.30. The summed E-state index contributed by atoms with van der Waals surface area (Å²) in [6.45, 7) is 5.95. The van der Waals surface area contributed by atoms with Gasteiger partial charge in [0, 0.05) is 10.6 Å². The number of benzene rings is 2. The molecule has 1 N–H and O–H groups in total. The van der Waals surface area contributed by atoms with E-state index in [0.29, 0.717) is 10.8 Å². The lowest BCUT2D eigenvalue weighted by Crippen LogP contribution is -2.23. The number of halogens is 1. The second-order valence-electron chi connectivity index (χ2n) is 5.42. The van der Waals surface area contributed by atoms with E-state index in [0.717, 1.165) is 11.3 Å². The van der Waals surface area contributed by atoms with Crippen LogP contribution in [0.1, 0.15) is 32.3 Å². The van der Waals surface area contributed by atoms with Crippen LogP contribution in [0.3, 0.4) is 0 Å². The van der Waals surface area contributed by atoms with E-state index in [4.69, 9.17) is 0 Å². The van der Waals surface area contributed by atoms with Gasteiger partial charge in [0.15, 0.2) is 0 Å². The van der Waals surface area contributed by atoms with Gasteiger partial charge in [0.1, 0.15) is 5.82 Å². The lowest BCUT2D eigenvalue weighted by atomic mass is 10.0. The average molecular weight is 317 g/mol. The molecule has 1 amide bonds. The Labute approximate surface area is 135 Å². The number of hydrogen-bond donors (Lipinski definition) is 1. The molecule has 0 fully saturated rings. The van der Waals surface area contributed by atoms with Crippen molar-refractivity contribution in [2.24, 2.45) is 0 Å². The molecule has 116 valence electrons. The van der Waals surface area contributed by atoms with Crippen molar-refractivity contribution in [1.82, 2.24) is 0 Å². The van der Waals surface area contributed by atoms with Crippen LogP contribution in [-0.2, 0) is 4.79 Å². The van der Waals surface area contributed by atoms with E-state index in [1.54, 1.807) is 25.1 Å². The van der Waals surface area contributed by atoms with E-state index in [1.807, 2.05) is 24.3 Å². The fraction of sp³-hybridized carbons (Fsp3) is 0.278. The molecule has 22 heavy (non-hydrogen) atoms. The number of hydrogen-bond acceptors (Lipinski definition) is 2. The van der Waals surface area contributed by atoms with Crippen molar-refractivity contribution < 1.29 is 9.18 Å². The van der Waals surface area contributed by atoms with Crippen LogP contribution < -0.4 is 5.32 Å². The third-order valence-corrected chi connectivity index (χ3v) is 4.50. The van der Waals surface area contributed by atoms with Crippen molar-refractivity contribution in [2.45, 2.75) is 36.8 Å². The Balaban J connectivity index is 2.08. The Hall–Kier alpha value is -1.81. The first kappa shape index (κ1) is 16.6. The number of anilines is 1. The second kappa shape index (κ2) is 7.45. The van der Waals surface area contributed by atoms with Crippen LogP contribution >= 0.6 is 11.8 Å². The third kappa shape index (κ3) is 4.10. The van der Waals surface area contributed by atoms with Crippen LogP contribution in [0.5, 0.6) is 0 Å². The van der Waals surface area contributed by atoms with Gasteiger partial charge >= 0.3 is 0 Å². The Morgan fingerprint density at radius 1 is 1.05 bits per heavy atom. The number of carbonyl (C=O) groups is 1. The molecule has 0 radical (unpaired) electrons. The van der Waals surface area contributed by atoms with E-state index in [2.05, 4.69) is 19.2 Å². The number of amides is 1. The van der Waals surface area contributed by atoms with E-state index in [-0.39, 0.29) is 17.0 Å². The molecule has 0 heterocycles. The van der Waals surface area contributed by atoms with Gasteiger partial charge in [0.05, 0.1) is 5.25 Å². The highest BCUT2D eigenvalue weighted by atomic mass is 32.2. The highest BCUT2D eigenvalue weighted by Gasteiger charge is 2.17. The maximum atomic E-state index is 13.7. The van der Waals surface area contributed by atoms with Crippen molar-refractivity contribution in [1.29, 1.82) is 0 Å². The summed E-state index contributed by atoms with van der Waals surface area (Å²) >= 11 is 1.22. The van der Waals surface area contributed by atoms with Gasteiger partial charge in [0.25, 0.3) is 0 Å². The van der Waals surface area contributed by atoms with E-state index >= 15 is 0 Å².